The highest BCUT2D eigenvalue weighted by Gasteiger charge is 2.15. The molecule has 7 heteroatoms. The molecule has 0 aromatic carbocycles. The van der Waals surface area contributed by atoms with Gasteiger partial charge in [0.25, 0.3) is 0 Å². The summed E-state index contributed by atoms with van der Waals surface area (Å²) >= 11 is 12.5. The summed E-state index contributed by atoms with van der Waals surface area (Å²) in [6.45, 7) is 10.4. The smallest absolute Gasteiger partial charge is 0.223 e. The third-order valence-corrected chi connectivity index (χ3v) is 4.58. The highest BCUT2D eigenvalue weighted by molar-refractivity contribution is 6.34. The van der Waals surface area contributed by atoms with E-state index in [1.807, 2.05) is 45.4 Å². The first-order chi connectivity index (χ1) is 11.4. The first-order valence-corrected chi connectivity index (χ1v) is 8.53. The van der Waals surface area contributed by atoms with E-state index >= 15 is 0 Å². The van der Waals surface area contributed by atoms with Gasteiger partial charge >= 0.3 is 0 Å². The number of pyridine rings is 1. The maximum atomic E-state index is 6.31. The van der Waals surface area contributed by atoms with E-state index in [-0.39, 0.29) is 5.95 Å². The molecule has 0 aliphatic carbocycles. The quantitative estimate of drug-likeness (QED) is 0.667. The van der Waals surface area contributed by atoms with Crippen molar-refractivity contribution in [1.29, 1.82) is 0 Å². The van der Waals surface area contributed by atoms with Crippen molar-refractivity contribution in [2.24, 2.45) is 0 Å². The number of nitrogen functional groups attached to an aromatic ring is 1. The van der Waals surface area contributed by atoms with Gasteiger partial charge in [0, 0.05) is 17.4 Å². The number of hydrogen-bond donors (Lipinski definition) is 1. The molecular formula is C17H21Cl2N5. The zero-order valence-corrected chi connectivity index (χ0v) is 16.0. The molecule has 0 aliphatic rings. The summed E-state index contributed by atoms with van der Waals surface area (Å²) in [5.74, 6) is 0.156. The molecule has 3 aromatic heterocycles. The highest BCUT2D eigenvalue weighted by Crippen LogP contribution is 2.28. The molecule has 3 heterocycles. The lowest BCUT2D eigenvalue weighted by Gasteiger charge is -2.10. The van der Waals surface area contributed by atoms with Crippen LogP contribution < -0.4 is 5.73 Å². The number of aromatic nitrogens is 4. The van der Waals surface area contributed by atoms with E-state index < -0.39 is 0 Å². The van der Waals surface area contributed by atoms with Gasteiger partial charge < -0.3 is 10.3 Å². The lowest BCUT2D eigenvalue weighted by atomic mass is 10.1. The molecule has 0 spiro atoms. The zero-order valence-electron chi connectivity index (χ0n) is 14.5. The molecule has 0 bridgehead atoms. The van der Waals surface area contributed by atoms with Crippen LogP contribution in [0.4, 0.5) is 5.95 Å². The van der Waals surface area contributed by atoms with Crippen LogP contribution in [0.3, 0.4) is 0 Å². The van der Waals surface area contributed by atoms with Crippen LogP contribution in [0.1, 0.15) is 36.2 Å². The van der Waals surface area contributed by atoms with Gasteiger partial charge in [-0.25, -0.2) is 4.98 Å². The fourth-order valence-corrected chi connectivity index (χ4v) is 3.01. The minimum Gasteiger partial charge on any atom is -0.368 e. The Morgan fingerprint density at radius 1 is 1.08 bits per heavy atom. The predicted octanol–water partition coefficient (Wildman–Crippen LogP) is 4.72. The van der Waals surface area contributed by atoms with E-state index in [4.69, 9.17) is 28.9 Å². The maximum Gasteiger partial charge on any atom is 0.223 e. The molecule has 0 radical (unpaired) electrons. The molecule has 0 unspecified atom stereocenters. The second-order valence-electron chi connectivity index (χ2n) is 5.34. The van der Waals surface area contributed by atoms with Crippen molar-refractivity contribution < 1.29 is 0 Å². The molecule has 3 rings (SSSR count). The summed E-state index contributed by atoms with van der Waals surface area (Å²) in [5, 5.41) is 1.92. The molecule has 0 saturated heterocycles. The normalized spacial score (nSPS) is 10.6. The van der Waals surface area contributed by atoms with E-state index in [0.717, 1.165) is 32.8 Å². The highest BCUT2D eigenvalue weighted by atomic mass is 35.5. The third kappa shape index (κ3) is 3.32. The molecule has 3 aromatic rings. The van der Waals surface area contributed by atoms with Crippen LogP contribution >= 0.6 is 23.2 Å². The van der Waals surface area contributed by atoms with E-state index in [0.29, 0.717) is 17.3 Å². The van der Waals surface area contributed by atoms with Crippen molar-refractivity contribution in [2.75, 3.05) is 5.73 Å². The van der Waals surface area contributed by atoms with Crippen molar-refractivity contribution in [3.05, 3.63) is 45.0 Å². The van der Waals surface area contributed by atoms with Crippen LogP contribution in [0, 0.1) is 20.8 Å². The molecule has 24 heavy (non-hydrogen) atoms. The SMILES string of the molecule is CC.Cc1cnc(Cn2cc(C)c3c(Cl)nc(N)nc32)c(C)c1Cl. The van der Waals surface area contributed by atoms with Crippen molar-refractivity contribution in [3.63, 3.8) is 0 Å². The summed E-state index contributed by atoms with van der Waals surface area (Å²) in [5.41, 5.74) is 10.2. The van der Waals surface area contributed by atoms with Crippen molar-refractivity contribution >= 4 is 40.2 Å². The van der Waals surface area contributed by atoms with Gasteiger partial charge in [0.1, 0.15) is 10.8 Å². The maximum absolute atomic E-state index is 6.31. The average Bonchev–Trinajstić information content (AvgIpc) is 2.86. The Hall–Kier alpha value is -1.85. The van der Waals surface area contributed by atoms with Crippen LogP contribution in [-0.4, -0.2) is 19.5 Å². The molecular weight excluding hydrogens is 345 g/mol. The molecule has 2 N–H and O–H groups in total. The van der Waals surface area contributed by atoms with Crippen LogP contribution in [0.5, 0.6) is 0 Å². The molecule has 0 amide bonds. The number of aryl methyl sites for hydroxylation is 2. The second kappa shape index (κ2) is 7.36. The summed E-state index contributed by atoms with van der Waals surface area (Å²) in [4.78, 5) is 12.8. The number of nitrogens with zero attached hydrogens (tertiary/aromatic N) is 4. The Labute approximate surface area is 151 Å². The van der Waals surface area contributed by atoms with E-state index in [2.05, 4.69) is 15.0 Å². The van der Waals surface area contributed by atoms with Crippen LogP contribution in [0.25, 0.3) is 11.0 Å². The Morgan fingerprint density at radius 2 is 1.75 bits per heavy atom. The first-order valence-electron chi connectivity index (χ1n) is 7.77. The largest absolute Gasteiger partial charge is 0.368 e. The number of nitrogens with two attached hydrogens (primary N) is 1. The summed E-state index contributed by atoms with van der Waals surface area (Å²) in [7, 11) is 0. The van der Waals surface area contributed by atoms with Gasteiger partial charge in [0.2, 0.25) is 5.95 Å². The number of halogens is 2. The second-order valence-corrected chi connectivity index (χ2v) is 6.07. The Morgan fingerprint density at radius 3 is 2.42 bits per heavy atom. The fraction of sp³-hybridized carbons (Fsp3) is 0.353. The number of fused-ring (bicyclic) bond motifs is 1. The predicted molar refractivity (Wildman–Crippen MR) is 101 cm³/mol. The van der Waals surface area contributed by atoms with Gasteiger partial charge in [-0.15, -0.1) is 0 Å². The third-order valence-electron chi connectivity index (χ3n) is 3.72. The molecule has 0 atom stereocenters. The van der Waals surface area contributed by atoms with Gasteiger partial charge in [-0.05, 0) is 37.5 Å². The summed E-state index contributed by atoms with van der Waals surface area (Å²) in [6, 6.07) is 0. The molecule has 0 aliphatic heterocycles. The van der Waals surface area contributed by atoms with Crippen molar-refractivity contribution in [2.45, 2.75) is 41.2 Å². The molecule has 128 valence electrons. The Balaban J connectivity index is 0.00000100. The van der Waals surface area contributed by atoms with Crippen LogP contribution in [-0.2, 0) is 6.54 Å². The van der Waals surface area contributed by atoms with Crippen LogP contribution in [0.15, 0.2) is 12.4 Å². The minimum absolute atomic E-state index is 0.156. The zero-order chi connectivity index (χ0) is 18.0. The van der Waals surface area contributed by atoms with Crippen LogP contribution in [0.2, 0.25) is 10.2 Å². The van der Waals surface area contributed by atoms with Gasteiger partial charge in [-0.1, -0.05) is 37.0 Å². The molecule has 0 saturated carbocycles. The number of rotatable bonds is 2. The van der Waals surface area contributed by atoms with Gasteiger partial charge in [0.05, 0.1) is 17.6 Å². The minimum atomic E-state index is 0.156. The average molecular weight is 366 g/mol. The van der Waals surface area contributed by atoms with Gasteiger partial charge in [0.15, 0.2) is 0 Å². The summed E-state index contributed by atoms with van der Waals surface area (Å²) < 4.78 is 1.97. The van der Waals surface area contributed by atoms with E-state index in [1.165, 1.54) is 0 Å². The monoisotopic (exact) mass is 365 g/mol. The van der Waals surface area contributed by atoms with E-state index in [1.54, 1.807) is 6.20 Å². The van der Waals surface area contributed by atoms with Crippen molar-refractivity contribution in [3.8, 4) is 0 Å². The van der Waals surface area contributed by atoms with Gasteiger partial charge in [-0.3, -0.25) is 4.98 Å². The topological polar surface area (TPSA) is 69.6 Å². The molecule has 0 fully saturated rings. The standard InChI is InChI=1S/C15H15Cl2N5.C2H6/c1-7-4-19-10(9(3)12(7)16)6-22-5-8(2)11-13(17)20-15(18)21-14(11)22;1-2/h4-5H,6H2,1-3H3,(H2,18,20,21);1-2H3. The lowest BCUT2D eigenvalue weighted by molar-refractivity contribution is 0.787. The number of anilines is 1. The number of hydrogen-bond acceptors (Lipinski definition) is 4. The Kier molecular flexibility index (Phi) is 5.67. The fourth-order valence-electron chi connectivity index (χ4n) is 2.54. The summed E-state index contributed by atoms with van der Waals surface area (Å²) in [6.07, 6.45) is 3.75. The first kappa shape index (κ1) is 18.5. The molecule has 5 nitrogen and oxygen atoms in total. The van der Waals surface area contributed by atoms with E-state index in [9.17, 15) is 0 Å². The van der Waals surface area contributed by atoms with Gasteiger partial charge in [-0.2, -0.15) is 4.98 Å². The van der Waals surface area contributed by atoms with Crippen molar-refractivity contribution in [1.82, 2.24) is 19.5 Å². The lowest BCUT2D eigenvalue weighted by Crippen LogP contribution is -2.06. The Bertz CT molecular complexity index is 887.